The number of ether oxygens (including phenoxy) is 1. The molecule has 2 aromatic rings. The van der Waals surface area contributed by atoms with Gasteiger partial charge in [0.05, 0.1) is 6.20 Å². The number of aromatic nitrogens is 2. The first kappa shape index (κ1) is 15.9. The third kappa shape index (κ3) is 3.68. The van der Waals surface area contributed by atoms with Gasteiger partial charge in [0.25, 0.3) is 5.92 Å². The molecule has 23 heavy (non-hydrogen) atoms. The molecule has 3 rings (SSSR count). The number of hydrogen-bond acceptors (Lipinski definition) is 4. The van der Waals surface area contributed by atoms with Gasteiger partial charge in [-0.1, -0.05) is 17.7 Å². The fourth-order valence-electron chi connectivity index (χ4n) is 1.88. The Hall–Kier alpha value is -1.99. The summed E-state index contributed by atoms with van der Waals surface area (Å²) in [7, 11) is 0. The lowest BCUT2D eigenvalue weighted by Gasteiger charge is -2.09. The van der Waals surface area contributed by atoms with Crippen LogP contribution in [0.1, 0.15) is 6.42 Å². The summed E-state index contributed by atoms with van der Waals surface area (Å²) in [4.78, 5) is 19.2. The van der Waals surface area contributed by atoms with Crippen molar-refractivity contribution in [2.75, 3.05) is 5.32 Å². The quantitative estimate of drug-likeness (QED) is 0.832. The molecule has 1 heterocycles. The van der Waals surface area contributed by atoms with Crippen molar-refractivity contribution in [1.82, 2.24) is 9.97 Å². The van der Waals surface area contributed by atoms with Gasteiger partial charge in [0, 0.05) is 18.2 Å². The minimum absolute atomic E-state index is 0.0372. The predicted molar refractivity (Wildman–Crippen MR) is 80.3 cm³/mol. The van der Waals surface area contributed by atoms with Gasteiger partial charge >= 0.3 is 0 Å². The van der Waals surface area contributed by atoms with Crippen LogP contribution in [-0.4, -0.2) is 21.8 Å². The Morgan fingerprint density at radius 1 is 1.39 bits per heavy atom. The van der Waals surface area contributed by atoms with Crippen LogP contribution in [0.25, 0.3) is 0 Å². The van der Waals surface area contributed by atoms with Gasteiger partial charge in [-0.15, -0.1) is 0 Å². The highest BCUT2D eigenvalue weighted by atomic mass is 35.5. The molecule has 0 bridgehead atoms. The van der Waals surface area contributed by atoms with Crippen molar-refractivity contribution >= 4 is 34.8 Å². The van der Waals surface area contributed by atoms with E-state index in [9.17, 15) is 13.6 Å². The van der Waals surface area contributed by atoms with E-state index in [1.54, 1.807) is 18.2 Å². The highest BCUT2D eigenvalue weighted by molar-refractivity contribution is 6.32. The Morgan fingerprint density at radius 3 is 2.83 bits per heavy atom. The highest BCUT2D eigenvalue weighted by Gasteiger charge is 2.61. The molecule has 1 saturated carbocycles. The summed E-state index contributed by atoms with van der Waals surface area (Å²) in [5, 5.41) is 2.54. The average Bonchev–Trinajstić information content (AvgIpc) is 3.12. The summed E-state index contributed by atoms with van der Waals surface area (Å²) < 4.78 is 31.2. The minimum atomic E-state index is -2.91. The van der Waals surface area contributed by atoms with E-state index in [0.29, 0.717) is 11.4 Å². The number of amides is 1. The highest BCUT2D eigenvalue weighted by Crippen LogP contribution is 2.49. The molecule has 1 N–H and O–H groups in total. The molecule has 9 heteroatoms. The summed E-state index contributed by atoms with van der Waals surface area (Å²) in [6, 6.07) is 6.20. The lowest BCUT2D eigenvalue weighted by Crippen LogP contribution is -2.17. The van der Waals surface area contributed by atoms with Gasteiger partial charge in [0.15, 0.2) is 0 Å². The van der Waals surface area contributed by atoms with Crippen molar-refractivity contribution in [2.45, 2.75) is 12.3 Å². The molecule has 1 atom stereocenters. The smallest absolute Gasteiger partial charge is 0.260 e. The molecule has 1 aromatic carbocycles. The Balaban J connectivity index is 1.72. The van der Waals surface area contributed by atoms with Crippen molar-refractivity contribution in [1.29, 1.82) is 0 Å². The number of alkyl halides is 2. The number of hydrogen-bond donors (Lipinski definition) is 1. The molecule has 0 aliphatic heterocycles. The Bertz CT molecular complexity index is 773. The lowest BCUT2D eigenvalue weighted by molar-refractivity contribution is -0.119. The number of rotatable bonds is 4. The van der Waals surface area contributed by atoms with Crippen LogP contribution < -0.4 is 10.1 Å². The molecule has 120 valence electrons. The SMILES string of the molecule is O=C(Nc1cccc(Oc2nc(Cl)ncc2Cl)c1)C1CC1(F)F. The molecule has 1 aliphatic carbocycles. The second kappa shape index (κ2) is 5.90. The molecule has 1 amide bonds. The standard InChI is InChI=1S/C14H9Cl2F2N3O2/c15-10-6-19-13(16)21-12(10)23-8-3-1-2-7(4-8)20-11(22)9-5-14(9,17)18/h1-4,6,9H,5H2,(H,20,22). The Labute approximate surface area is 139 Å². The number of carbonyl (C=O) groups is 1. The molecule has 0 radical (unpaired) electrons. The molecule has 1 aliphatic rings. The van der Waals surface area contributed by atoms with E-state index in [0.717, 1.165) is 0 Å². The van der Waals surface area contributed by atoms with Crippen LogP contribution in [-0.2, 0) is 4.79 Å². The van der Waals surface area contributed by atoms with Crippen molar-refractivity contribution in [3.8, 4) is 11.6 Å². The number of nitrogens with one attached hydrogen (secondary N) is 1. The first-order chi connectivity index (χ1) is 10.8. The maximum absolute atomic E-state index is 12.9. The van der Waals surface area contributed by atoms with Crippen LogP contribution in [0.15, 0.2) is 30.5 Å². The van der Waals surface area contributed by atoms with Crippen LogP contribution in [0.3, 0.4) is 0 Å². The topological polar surface area (TPSA) is 64.1 Å². The number of anilines is 1. The third-order valence-corrected chi connectivity index (χ3v) is 3.58. The molecule has 5 nitrogen and oxygen atoms in total. The second-order valence-electron chi connectivity index (χ2n) is 4.93. The third-order valence-electron chi connectivity index (χ3n) is 3.14. The molecule has 0 spiro atoms. The van der Waals surface area contributed by atoms with Crippen LogP contribution in [0.2, 0.25) is 10.3 Å². The summed E-state index contributed by atoms with van der Waals surface area (Å²) in [5.41, 5.74) is 0.325. The van der Waals surface area contributed by atoms with Crippen molar-refractivity contribution < 1.29 is 18.3 Å². The van der Waals surface area contributed by atoms with Gasteiger partial charge in [0.1, 0.15) is 16.7 Å². The zero-order valence-corrected chi connectivity index (χ0v) is 12.9. The second-order valence-corrected chi connectivity index (χ2v) is 5.67. The van der Waals surface area contributed by atoms with Gasteiger partial charge in [-0.3, -0.25) is 4.79 Å². The van der Waals surface area contributed by atoms with E-state index in [4.69, 9.17) is 27.9 Å². The van der Waals surface area contributed by atoms with E-state index in [1.807, 2.05) is 0 Å². The summed E-state index contributed by atoms with van der Waals surface area (Å²) >= 11 is 11.6. The molecular weight excluding hydrogens is 351 g/mol. The predicted octanol–water partition coefficient (Wildman–Crippen LogP) is 4.17. The number of benzene rings is 1. The van der Waals surface area contributed by atoms with E-state index in [-0.39, 0.29) is 16.2 Å². The summed E-state index contributed by atoms with van der Waals surface area (Å²) in [5.74, 6) is -4.56. The van der Waals surface area contributed by atoms with Gasteiger partial charge in [-0.05, 0) is 23.7 Å². The van der Waals surface area contributed by atoms with Gasteiger partial charge in [-0.2, -0.15) is 4.98 Å². The average molecular weight is 360 g/mol. The first-order valence-corrected chi connectivity index (χ1v) is 7.25. The first-order valence-electron chi connectivity index (χ1n) is 6.50. The van der Waals surface area contributed by atoms with E-state index in [2.05, 4.69) is 15.3 Å². The molecule has 1 aromatic heterocycles. The van der Waals surface area contributed by atoms with Crippen LogP contribution in [0.4, 0.5) is 14.5 Å². The van der Waals surface area contributed by atoms with Gasteiger partial charge in [-0.25, -0.2) is 13.8 Å². The van der Waals surface area contributed by atoms with Crippen molar-refractivity contribution in [3.63, 3.8) is 0 Å². The molecule has 1 fully saturated rings. The Morgan fingerprint density at radius 2 is 2.13 bits per heavy atom. The van der Waals surface area contributed by atoms with Crippen molar-refractivity contribution in [2.24, 2.45) is 5.92 Å². The van der Waals surface area contributed by atoms with Crippen LogP contribution in [0, 0.1) is 5.92 Å². The molecule has 1 unspecified atom stereocenters. The number of nitrogens with zero attached hydrogens (tertiary/aromatic N) is 2. The largest absolute Gasteiger partial charge is 0.437 e. The number of carbonyl (C=O) groups excluding carboxylic acids is 1. The zero-order valence-electron chi connectivity index (χ0n) is 11.4. The monoisotopic (exact) mass is 359 g/mol. The van der Waals surface area contributed by atoms with E-state index >= 15 is 0 Å². The van der Waals surface area contributed by atoms with E-state index < -0.39 is 24.2 Å². The maximum atomic E-state index is 12.9. The number of halogens is 4. The zero-order chi connectivity index (χ0) is 16.6. The van der Waals surface area contributed by atoms with Gasteiger partial charge < -0.3 is 10.1 Å². The van der Waals surface area contributed by atoms with E-state index in [1.165, 1.54) is 12.3 Å². The van der Waals surface area contributed by atoms with Gasteiger partial charge in [0.2, 0.25) is 17.1 Å². The van der Waals surface area contributed by atoms with Crippen molar-refractivity contribution in [3.05, 3.63) is 40.8 Å². The summed E-state index contributed by atoms with van der Waals surface area (Å²) in [6.07, 6.45) is 0.858. The minimum Gasteiger partial charge on any atom is -0.437 e. The van der Waals surface area contributed by atoms with Crippen LogP contribution in [0.5, 0.6) is 11.6 Å². The fraction of sp³-hybridized carbons (Fsp3) is 0.214. The summed E-state index contributed by atoms with van der Waals surface area (Å²) in [6.45, 7) is 0. The lowest BCUT2D eigenvalue weighted by atomic mass is 10.3. The molecular formula is C14H9Cl2F2N3O2. The normalized spacial score (nSPS) is 18.3. The Kier molecular flexibility index (Phi) is 4.08. The fourth-order valence-corrected chi connectivity index (χ4v) is 2.13. The maximum Gasteiger partial charge on any atom is 0.260 e. The van der Waals surface area contributed by atoms with Crippen LogP contribution >= 0.6 is 23.2 Å². The molecule has 0 saturated heterocycles.